The third kappa shape index (κ3) is 3.51. The van der Waals surface area contributed by atoms with E-state index in [2.05, 4.69) is 120 Å². The van der Waals surface area contributed by atoms with Crippen LogP contribution in [0.25, 0.3) is 0 Å². The lowest BCUT2D eigenvalue weighted by Gasteiger charge is -2.41. The smallest absolute Gasteiger partial charge is 0.128 e. The molecule has 4 nitrogen and oxygen atoms in total. The van der Waals surface area contributed by atoms with E-state index < -0.39 is 15.8 Å². The van der Waals surface area contributed by atoms with Crippen molar-refractivity contribution in [2.75, 3.05) is 37.3 Å². The van der Waals surface area contributed by atoms with E-state index >= 15 is 0 Å². The average molecular weight is 513 g/mol. The summed E-state index contributed by atoms with van der Waals surface area (Å²) in [4.78, 5) is 5.17. The molecule has 4 aromatic rings. The third-order valence-corrected chi connectivity index (χ3v) is 12.4. The second-order valence-electron chi connectivity index (χ2n) is 9.12. The monoisotopic (exact) mass is 512 g/mol. The number of methoxy groups -OCH3 is 2. The lowest BCUT2D eigenvalue weighted by molar-refractivity contribution is 0.418. The Labute approximate surface area is 216 Å². The van der Waals surface area contributed by atoms with Crippen LogP contribution in [0.4, 0.5) is 22.7 Å². The van der Waals surface area contributed by atoms with Crippen molar-refractivity contribution in [1.29, 1.82) is 0 Å². The van der Waals surface area contributed by atoms with Gasteiger partial charge in [-0.2, -0.15) is 0 Å². The highest BCUT2D eigenvalue weighted by Crippen LogP contribution is 2.65. The summed E-state index contributed by atoms with van der Waals surface area (Å²) in [6, 6.07) is 34.7. The fourth-order valence-corrected chi connectivity index (χ4v) is 11.9. The van der Waals surface area contributed by atoms with Gasteiger partial charge in [0.15, 0.2) is 0 Å². The van der Waals surface area contributed by atoms with E-state index in [9.17, 15) is 0 Å². The number of nitrogens with zero attached hydrogens (tertiary/aromatic N) is 2. The van der Waals surface area contributed by atoms with Gasteiger partial charge in [0.05, 0.1) is 37.2 Å². The molecule has 0 spiro atoms. The van der Waals surface area contributed by atoms with Gasteiger partial charge < -0.3 is 19.3 Å². The Morgan fingerprint density at radius 1 is 0.528 bits per heavy atom. The van der Waals surface area contributed by atoms with Gasteiger partial charge in [-0.25, -0.2) is 0 Å². The van der Waals surface area contributed by atoms with E-state index in [0.29, 0.717) is 0 Å². The zero-order valence-corrected chi connectivity index (χ0v) is 22.8. The van der Waals surface area contributed by atoms with Gasteiger partial charge in [0.2, 0.25) is 0 Å². The van der Waals surface area contributed by atoms with Crippen LogP contribution in [0.2, 0.25) is 0 Å². The first-order valence-corrected chi connectivity index (χ1v) is 15.9. The van der Waals surface area contributed by atoms with E-state index in [-0.39, 0.29) is 11.6 Å². The Morgan fingerprint density at radius 2 is 0.917 bits per heavy atom. The second kappa shape index (κ2) is 9.43. The van der Waals surface area contributed by atoms with Gasteiger partial charge >= 0.3 is 0 Å². The SMILES string of the molecule is COc1cccc2c1[P@](C)C(C1N(c3ccccc3)c3cccc(OC)c3[P@]1C)N2c1ccccc1. The Bertz CT molecular complexity index is 1280. The Hall–Kier alpha value is -3.06. The summed E-state index contributed by atoms with van der Waals surface area (Å²) in [5.74, 6) is 2.51. The third-order valence-electron chi connectivity index (χ3n) is 7.28. The molecule has 0 bridgehead atoms. The zero-order chi connectivity index (χ0) is 24.8. The maximum absolute atomic E-state index is 5.92. The molecule has 2 aliphatic rings. The van der Waals surface area contributed by atoms with Crippen LogP contribution in [-0.2, 0) is 0 Å². The number of benzene rings is 4. The fourth-order valence-electron chi connectivity index (χ4n) is 5.77. The van der Waals surface area contributed by atoms with Crippen LogP contribution < -0.4 is 29.9 Å². The molecule has 0 saturated heterocycles. The molecule has 182 valence electrons. The van der Waals surface area contributed by atoms with Gasteiger partial charge in [0.1, 0.15) is 11.5 Å². The molecule has 6 heteroatoms. The average Bonchev–Trinajstić information content (AvgIpc) is 3.40. The topological polar surface area (TPSA) is 24.9 Å². The van der Waals surface area contributed by atoms with Crippen LogP contribution >= 0.6 is 15.8 Å². The summed E-state index contributed by atoms with van der Waals surface area (Å²) in [5.41, 5.74) is 4.98. The molecule has 2 heterocycles. The van der Waals surface area contributed by atoms with E-state index in [1.54, 1.807) is 14.2 Å². The largest absolute Gasteiger partial charge is 0.496 e. The molecule has 0 saturated carbocycles. The van der Waals surface area contributed by atoms with Crippen molar-refractivity contribution in [2.45, 2.75) is 11.6 Å². The van der Waals surface area contributed by atoms with E-state index in [0.717, 1.165) is 11.5 Å². The lowest BCUT2D eigenvalue weighted by atomic mass is 10.2. The summed E-state index contributed by atoms with van der Waals surface area (Å²) in [7, 11) is 2.44. The number of rotatable bonds is 5. The highest BCUT2D eigenvalue weighted by molar-refractivity contribution is 7.71. The van der Waals surface area contributed by atoms with Gasteiger partial charge in [-0.15, -0.1) is 0 Å². The zero-order valence-electron chi connectivity index (χ0n) is 21.0. The number of ether oxygens (including phenoxy) is 2. The van der Waals surface area contributed by atoms with Gasteiger partial charge in [-0.05, 0) is 77.7 Å². The lowest BCUT2D eigenvalue weighted by Crippen LogP contribution is -2.42. The summed E-state index contributed by atoms with van der Waals surface area (Å²) >= 11 is 0. The molecule has 0 amide bonds. The number of fused-ring (bicyclic) bond motifs is 2. The maximum Gasteiger partial charge on any atom is 0.128 e. The summed E-state index contributed by atoms with van der Waals surface area (Å²) in [6.07, 6.45) is 0. The van der Waals surface area contributed by atoms with Crippen molar-refractivity contribution in [1.82, 2.24) is 0 Å². The molecule has 6 rings (SSSR count). The van der Waals surface area contributed by atoms with Crippen molar-refractivity contribution >= 4 is 49.2 Å². The predicted molar refractivity (Wildman–Crippen MR) is 156 cm³/mol. The molecule has 4 atom stereocenters. The van der Waals surface area contributed by atoms with Gasteiger partial charge in [0.25, 0.3) is 0 Å². The van der Waals surface area contributed by atoms with Crippen molar-refractivity contribution in [2.24, 2.45) is 0 Å². The summed E-state index contributed by atoms with van der Waals surface area (Å²) in [5, 5.41) is 2.70. The number of hydrogen-bond acceptors (Lipinski definition) is 4. The van der Waals surface area contributed by atoms with Gasteiger partial charge in [-0.1, -0.05) is 48.5 Å². The van der Waals surface area contributed by atoms with Crippen LogP contribution in [0.3, 0.4) is 0 Å². The predicted octanol–water partition coefficient (Wildman–Crippen LogP) is 6.83. The Morgan fingerprint density at radius 3 is 1.28 bits per heavy atom. The number of hydrogen-bond donors (Lipinski definition) is 0. The van der Waals surface area contributed by atoms with Crippen molar-refractivity contribution in [3.05, 3.63) is 97.1 Å². The molecule has 0 aromatic heterocycles. The minimum atomic E-state index is -0.570. The van der Waals surface area contributed by atoms with Crippen LogP contribution in [0.15, 0.2) is 97.1 Å². The number of para-hydroxylation sites is 2. The summed E-state index contributed by atoms with van der Waals surface area (Å²) in [6.45, 7) is 4.85. The quantitative estimate of drug-likeness (QED) is 0.274. The molecule has 0 aliphatic carbocycles. The Balaban J connectivity index is 1.59. The standard InChI is InChI=1S/C30H30N2O2P2/c1-33-25-19-11-17-23-27(25)35(3)29(31(23)21-13-7-5-8-14-21)30-32(22-15-9-6-10-16-22)24-18-12-20-26(34-2)28(24)36(30)4/h5-20,29-30H,1-4H3/t29?,30?,35-,36-/m0/s1. The van der Waals surface area contributed by atoms with E-state index in [4.69, 9.17) is 9.47 Å². The van der Waals surface area contributed by atoms with Gasteiger partial charge in [-0.3, -0.25) is 0 Å². The minimum absolute atomic E-state index is 0.266. The highest BCUT2D eigenvalue weighted by Gasteiger charge is 2.51. The summed E-state index contributed by atoms with van der Waals surface area (Å²) < 4.78 is 11.8. The first-order valence-electron chi connectivity index (χ1n) is 12.1. The van der Waals surface area contributed by atoms with Crippen molar-refractivity contribution < 1.29 is 9.47 Å². The Kier molecular flexibility index (Phi) is 6.12. The fraction of sp³-hybridized carbons (Fsp3) is 0.200. The van der Waals surface area contributed by atoms with Crippen LogP contribution in [0.5, 0.6) is 11.5 Å². The molecule has 2 unspecified atom stereocenters. The molecular weight excluding hydrogens is 482 g/mol. The number of anilines is 4. The molecule has 0 fully saturated rings. The van der Waals surface area contributed by atoms with Crippen molar-refractivity contribution in [3.8, 4) is 11.5 Å². The molecule has 0 N–H and O–H groups in total. The molecule has 36 heavy (non-hydrogen) atoms. The molecule has 0 radical (unpaired) electrons. The molecule has 4 aromatic carbocycles. The van der Waals surface area contributed by atoms with Crippen LogP contribution in [-0.4, -0.2) is 39.1 Å². The highest BCUT2D eigenvalue weighted by atomic mass is 31.1. The van der Waals surface area contributed by atoms with Crippen LogP contribution in [0.1, 0.15) is 0 Å². The minimum Gasteiger partial charge on any atom is -0.496 e. The molecule has 2 aliphatic heterocycles. The van der Waals surface area contributed by atoms with E-state index in [1.165, 1.54) is 33.4 Å². The maximum atomic E-state index is 5.92. The van der Waals surface area contributed by atoms with E-state index in [1.807, 2.05) is 0 Å². The van der Waals surface area contributed by atoms with Crippen molar-refractivity contribution in [3.63, 3.8) is 0 Å². The molecular formula is C30H30N2O2P2. The second-order valence-corrected chi connectivity index (χ2v) is 13.5. The normalized spacial score (nSPS) is 22.3. The first kappa shape index (κ1) is 23.3. The first-order chi connectivity index (χ1) is 17.7. The van der Waals surface area contributed by atoms with Crippen LogP contribution in [0, 0.1) is 0 Å². The van der Waals surface area contributed by atoms with Gasteiger partial charge in [0, 0.05) is 22.0 Å².